The van der Waals surface area contributed by atoms with E-state index in [1.54, 1.807) is 18.5 Å². The van der Waals surface area contributed by atoms with Crippen LogP contribution in [0.3, 0.4) is 0 Å². The Morgan fingerprint density at radius 1 is 0.750 bits per heavy atom. The molecule has 0 spiro atoms. The topological polar surface area (TPSA) is 51.6 Å². The van der Waals surface area contributed by atoms with Crippen LogP contribution >= 0.6 is 0 Å². The number of hydrogen-bond donors (Lipinski definition) is 0. The molecular formula is C16H10N4. The van der Waals surface area contributed by atoms with Crippen molar-refractivity contribution in [2.75, 3.05) is 0 Å². The molecule has 0 aliphatic heterocycles. The monoisotopic (exact) mass is 258 g/mol. The van der Waals surface area contributed by atoms with E-state index in [1.165, 1.54) is 10.8 Å². The lowest BCUT2D eigenvalue weighted by Crippen LogP contribution is -1.94. The molecule has 20 heavy (non-hydrogen) atoms. The number of fused-ring (bicyclic) bond motifs is 2. The van der Waals surface area contributed by atoms with E-state index in [1.807, 2.05) is 18.2 Å². The summed E-state index contributed by atoms with van der Waals surface area (Å²) >= 11 is 0. The third-order valence-electron chi connectivity index (χ3n) is 3.26. The maximum Gasteiger partial charge on any atom is 0.182 e. The SMILES string of the molecule is c1ccc2cc(-c3nnc4ccncc4n3)ccc2c1. The van der Waals surface area contributed by atoms with Crippen LogP contribution < -0.4 is 0 Å². The Balaban J connectivity index is 1.91. The lowest BCUT2D eigenvalue weighted by Gasteiger charge is -2.03. The minimum absolute atomic E-state index is 0.622. The van der Waals surface area contributed by atoms with Crippen molar-refractivity contribution in [2.24, 2.45) is 0 Å². The molecule has 4 nitrogen and oxygen atoms in total. The normalized spacial score (nSPS) is 11.0. The fourth-order valence-electron chi connectivity index (χ4n) is 2.24. The highest BCUT2D eigenvalue weighted by atomic mass is 15.2. The summed E-state index contributed by atoms with van der Waals surface area (Å²) in [5.74, 6) is 0.622. The zero-order chi connectivity index (χ0) is 13.4. The van der Waals surface area contributed by atoms with Crippen molar-refractivity contribution in [1.29, 1.82) is 0 Å². The summed E-state index contributed by atoms with van der Waals surface area (Å²) < 4.78 is 0. The predicted octanol–water partition coefficient (Wildman–Crippen LogP) is 3.24. The van der Waals surface area contributed by atoms with Crippen LogP contribution in [0.5, 0.6) is 0 Å². The number of hydrogen-bond acceptors (Lipinski definition) is 4. The van der Waals surface area contributed by atoms with Gasteiger partial charge in [-0.15, -0.1) is 10.2 Å². The quantitative estimate of drug-likeness (QED) is 0.526. The molecule has 2 aromatic carbocycles. The Morgan fingerprint density at radius 2 is 1.65 bits per heavy atom. The smallest absolute Gasteiger partial charge is 0.182 e. The molecule has 4 aromatic rings. The van der Waals surface area contributed by atoms with Crippen LogP contribution in [0.15, 0.2) is 60.9 Å². The first-order valence-electron chi connectivity index (χ1n) is 6.34. The molecule has 0 aliphatic rings. The number of pyridine rings is 1. The van der Waals surface area contributed by atoms with E-state index < -0.39 is 0 Å². The molecule has 2 aromatic heterocycles. The first kappa shape index (κ1) is 11.0. The van der Waals surface area contributed by atoms with Gasteiger partial charge in [-0.05, 0) is 22.9 Å². The van der Waals surface area contributed by atoms with Crippen molar-refractivity contribution in [2.45, 2.75) is 0 Å². The number of aromatic nitrogens is 4. The van der Waals surface area contributed by atoms with Crippen LogP contribution in [0.4, 0.5) is 0 Å². The van der Waals surface area contributed by atoms with Crippen LogP contribution in [-0.2, 0) is 0 Å². The van der Waals surface area contributed by atoms with Gasteiger partial charge in [0.2, 0.25) is 0 Å². The molecule has 0 amide bonds. The Bertz CT molecular complexity index is 841. The molecule has 0 fully saturated rings. The molecule has 94 valence electrons. The van der Waals surface area contributed by atoms with Crippen molar-refractivity contribution < 1.29 is 0 Å². The molecule has 0 unspecified atom stereocenters. The highest BCUT2D eigenvalue weighted by Crippen LogP contribution is 2.22. The highest BCUT2D eigenvalue weighted by Gasteiger charge is 2.05. The van der Waals surface area contributed by atoms with Crippen LogP contribution in [0, 0.1) is 0 Å². The lowest BCUT2D eigenvalue weighted by atomic mass is 10.1. The molecule has 0 saturated heterocycles. The van der Waals surface area contributed by atoms with Crippen LogP contribution in [0.1, 0.15) is 0 Å². The second kappa shape index (κ2) is 4.35. The van der Waals surface area contributed by atoms with E-state index in [2.05, 4.69) is 44.4 Å². The van der Waals surface area contributed by atoms with E-state index in [0.29, 0.717) is 5.82 Å². The first-order valence-corrected chi connectivity index (χ1v) is 6.34. The molecule has 2 heterocycles. The molecule has 0 N–H and O–H groups in total. The van der Waals surface area contributed by atoms with Gasteiger partial charge in [0.05, 0.1) is 6.20 Å². The van der Waals surface area contributed by atoms with Gasteiger partial charge in [0.1, 0.15) is 11.0 Å². The van der Waals surface area contributed by atoms with Crippen molar-refractivity contribution >= 4 is 21.8 Å². The lowest BCUT2D eigenvalue weighted by molar-refractivity contribution is 1.03. The van der Waals surface area contributed by atoms with E-state index >= 15 is 0 Å². The summed E-state index contributed by atoms with van der Waals surface area (Å²) in [5.41, 5.74) is 2.47. The Hall–Kier alpha value is -2.88. The van der Waals surface area contributed by atoms with Crippen LogP contribution in [0.2, 0.25) is 0 Å². The van der Waals surface area contributed by atoms with E-state index in [0.717, 1.165) is 16.6 Å². The fourth-order valence-corrected chi connectivity index (χ4v) is 2.24. The van der Waals surface area contributed by atoms with Gasteiger partial charge in [0.15, 0.2) is 5.82 Å². The summed E-state index contributed by atoms with van der Waals surface area (Å²) in [4.78, 5) is 8.58. The maximum atomic E-state index is 4.52. The fraction of sp³-hybridized carbons (Fsp3) is 0. The molecule has 0 saturated carbocycles. The molecular weight excluding hydrogens is 248 g/mol. The summed E-state index contributed by atoms with van der Waals surface area (Å²) in [5, 5.41) is 10.7. The Kier molecular flexibility index (Phi) is 2.39. The number of nitrogens with zero attached hydrogens (tertiary/aromatic N) is 4. The molecule has 4 rings (SSSR count). The standard InChI is InChI=1S/C16H10N4/c1-2-4-12-9-13(6-5-11(12)3-1)16-18-15-10-17-8-7-14(15)19-20-16/h1-10H. The maximum absolute atomic E-state index is 4.52. The van der Waals surface area contributed by atoms with Gasteiger partial charge in [-0.3, -0.25) is 4.98 Å². The van der Waals surface area contributed by atoms with Crippen molar-refractivity contribution in [3.8, 4) is 11.4 Å². The molecule has 4 heteroatoms. The molecule has 0 radical (unpaired) electrons. The minimum Gasteiger partial charge on any atom is -0.262 e. The number of rotatable bonds is 1. The third-order valence-corrected chi connectivity index (χ3v) is 3.26. The van der Waals surface area contributed by atoms with Gasteiger partial charge in [-0.1, -0.05) is 36.4 Å². The van der Waals surface area contributed by atoms with E-state index in [9.17, 15) is 0 Å². The summed E-state index contributed by atoms with van der Waals surface area (Å²) in [6.07, 6.45) is 3.39. The Labute approximate surface area is 115 Å². The average Bonchev–Trinajstić information content (AvgIpc) is 2.54. The molecule has 0 bridgehead atoms. The largest absolute Gasteiger partial charge is 0.262 e. The van der Waals surface area contributed by atoms with E-state index in [-0.39, 0.29) is 0 Å². The Morgan fingerprint density at radius 3 is 2.60 bits per heavy atom. The van der Waals surface area contributed by atoms with Gasteiger partial charge in [0, 0.05) is 11.8 Å². The van der Waals surface area contributed by atoms with Crippen molar-refractivity contribution in [3.05, 3.63) is 60.9 Å². The zero-order valence-corrected chi connectivity index (χ0v) is 10.6. The minimum atomic E-state index is 0.622. The van der Waals surface area contributed by atoms with Crippen molar-refractivity contribution in [1.82, 2.24) is 20.2 Å². The average molecular weight is 258 g/mol. The van der Waals surface area contributed by atoms with E-state index in [4.69, 9.17) is 0 Å². The van der Waals surface area contributed by atoms with Crippen LogP contribution in [-0.4, -0.2) is 20.2 Å². The molecule has 0 aliphatic carbocycles. The highest BCUT2D eigenvalue weighted by molar-refractivity contribution is 5.86. The van der Waals surface area contributed by atoms with Gasteiger partial charge < -0.3 is 0 Å². The zero-order valence-electron chi connectivity index (χ0n) is 10.6. The molecule has 0 atom stereocenters. The second-order valence-electron chi connectivity index (χ2n) is 4.56. The van der Waals surface area contributed by atoms with Gasteiger partial charge >= 0.3 is 0 Å². The summed E-state index contributed by atoms with van der Waals surface area (Å²) in [6, 6.07) is 16.2. The van der Waals surface area contributed by atoms with Crippen LogP contribution in [0.25, 0.3) is 33.2 Å². The first-order chi connectivity index (χ1) is 9.90. The second-order valence-corrected chi connectivity index (χ2v) is 4.56. The van der Waals surface area contributed by atoms with Gasteiger partial charge in [-0.2, -0.15) is 0 Å². The third kappa shape index (κ3) is 1.78. The predicted molar refractivity (Wildman–Crippen MR) is 78.1 cm³/mol. The summed E-state index contributed by atoms with van der Waals surface area (Å²) in [7, 11) is 0. The summed E-state index contributed by atoms with van der Waals surface area (Å²) in [6.45, 7) is 0. The van der Waals surface area contributed by atoms with Crippen molar-refractivity contribution in [3.63, 3.8) is 0 Å². The van der Waals surface area contributed by atoms with Gasteiger partial charge in [0.25, 0.3) is 0 Å². The van der Waals surface area contributed by atoms with Gasteiger partial charge in [-0.25, -0.2) is 4.98 Å². The number of benzene rings is 2.